The molecule has 2 aromatic rings. The van der Waals surface area contributed by atoms with E-state index in [1.54, 1.807) is 0 Å². The number of aromatic nitrogens is 1. The van der Waals surface area contributed by atoms with Crippen molar-refractivity contribution < 1.29 is 9.53 Å². The molecule has 0 bridgehead atoms. The summed E-state index contributed by atoms with van der Waals surface area (Å²) in [6, 6.07) is 5.67. The summed E-state index contributed by atoms with van der Waals surface area (Å²) < 4.78 is 5.23. The number of hydrogen-bond acceptors (Lipinski definition) is 3. The summed E-state index contributed by atoms with van der Waals surface area (Å²) in [4.78, 5) is 14.3. The quantitative estimate of drug-likeness (QED) is 0.661. The van der Waals surface area contributed by atoms with Crippen LogP contribution in [0, 0.1) is 0 Å². The van der Waals surface area contributed by atoms with Crippen LogP contribution in [0.15, 0.2) is 24.4 Å². The summed E-state index contributed by atoms with van der Waals surface area (Å²) in [5.41, 5.74) is 2.15. The number of nitrogens with one attached hydrogen (secondary N) is 2. The number of aromatic amines is 1. The number of fused-ring (bicyclic) bond motifs is 1. The van der Waals surface area contributed by atoms with Crippen molar-refractivity contribution >= 4 is 29.3 Å². The maximum absolute atomic E-state index is 11.1. The Hall–Kier alpha value is -1.52. The maximum atomic E-state index is 11.1. The SMILES string of the molecule is CNCCc1c[nH]c2cccc(OC(C)=O)c12.Cl. The minimum atomic E-state index is -0.293. The predicted molar refractivity (Wildman–Crippen MR) is 74.5 cm³/mol. The zero-order valence-electron chi connectivity index (χ0n) is 10.4. The highest BCUT2D eigenvalue weighted by Crippen LogP contribution is 2.29. The fraction of sp³-hybridized carbons (Fsp3) is 0.308. The van der Waals surface area contributed by atoms with Gasteiger partial charge in [0.25, 0.3) is 0 Å². The second-order valence-corrected chi connectivity index (χ2v) is 3.94. The molecule has 2 rings (SSSR count). The molecule has 4 nitrogen and oxygen atoms in total. The van der Waals surface area contributed by atoms with Crippen molar-refractivity contribution in [3.05, 3.63) is 30.0 Å². The van der Waals surface area contributed by atoms with E-state index in [-0.39, 0.29) is 18.4 Å². The van der Waals surface area contributed by atoms with Gasteiger partial charge in [0, 0.05) is 24.0 Å². The number of halogens is 1. The van der Waals surface area contributed by atoms with Gasteiger partial charge in [0.05, 0.1) is 0 Å². The second kappa shape index (κ2) is 6.42. The van der Waals surface area contributed by atoms with Gasteiger partial charge in [0.1, 0.15) is 5.75 Å². The monoisotopic (exact) mass is 268 g/mol. The lowest BCUT2D eigenvalue weighted by Crippen LogP contribution is -2.10. The van der Waals surface area contributed by atoms with Gasteiger partial charge in [-0.2, -0.15) is 0 Å². The van der Waals surface area contributed by atoms with Gasteiger partial charge in [-0.05, 0) is 37.7 Å². The van der Waals surface area contributed by atoms with Gasteiger partial charge in [0.15, 0.2) is 0 Å². The molecule has 0 aliphatic rings. The van der Waals surface area contributed by atoms with E-state index in [0.29, 0.717) is 5.75 Å². The first-order chi connectivity index (χ1) is 8.22. The molecule has 0 atom stereocenters. The highest BCUT2D eigenvalue weighted by atomic mass is 35.5. The lowest BCUT2D eigenvalue weighted by Gasteiger charge is -2.05. The van der Waals surface area contributed by atoms with Crippen molar-refractivity contribution in [1.82, 2.24) is 10.3 Å². The first-order valence-corrected chi connectivity index (χ1v) is 5.64. The van der Waals surface area contributed by atoms with Gasteiger partial charge in [-0.1, -0.05) is 6.07 Å². The van der Waals surface area contributed by atoms with E-state index in [1.165, 1.54) is 6.92 Å². The Kier molecular flexibility index (Phi) is 5.19. The molecule has 18 heavy (non-hydrogen) atoms. The Labute approximate surface area is 112 Å². The molecular formula is C13H17ClN2O2. The topological polar surface area (TPSA) is 54.1 Å². The number of rotatable bonds is 4. The highest BCUT2D eigenvalue weighted by molar-refractivity contribution is 5.91. The third-order valence-corrected chi connectivity index (χ3v) is 2.65. The molecule has 1 aromatic carbocycles. The molecule has 0 aliphatic heterocycles. The number of H-pyrrole nitrogens is 1. The number of likely N-dealkylation sites (N-methyl/N-ethyl adjacent to an activating group) is 1. The van der Waals surface area contributed by atoms with E-state index in [0.717, 1.165) is 29.4 Å². The molecule has 0 radical (unpaired) electrons. The molecule has 98 valence electrons. The third-order valence-electron chi connectivity index (χ3n) is 2.65. The Morgan fingerprint density at radius 2 is 2.22 bits per heavy atom. The number of carbonyl (C=O) groups excluding carboxylic acids is 1. The zero-order valence-corrected chi connectivity index (χ0v) is 11.3. The molecule has 0 amide bonds. The van der Waals surface area contributed by atoms with E-state index < -0.39 is 0 Å². The normalized spacial score (nSPS) is 10.1. The van der Waals surface area contributed by atoms with Crippen LogP contribution in [0.2, 0.25) is 0 Å². The van der Waals surface area contributed by atoms with Gasteiger partial charge in [0.2, 0.25) is 0 Å². The molecule has 1 heterocycles. The highest BCUT2D eigenvalue weighted by Gasteiger charge is 2.10. The van der Waals surface area contributed by atoms with E-state index in [2.05, 4.69) is 10.3 Å². The maximum Gasteiger partial charge on any atom is 0.308 e. The van der Waals surface area contributed by atoms with Crippen LogP contribution in [0.3, 0.4) is 0 Å². The molecular weight excluding hydrogens is 252 g/mol. The number of hydrogen-bond donors (Lipinski definition) is 2. The zero-order chi connectivity index (χ0) is 12.3. The smallest absolute Gasteiger partial charge is 0.308 e. The van der Waals surface area contributed by atoms with Gasteiger partial charge < -0.3 is 15.0 Å². The van der Waals surface area contributed by atoms with E-state index >= 15 is 0 Å². The van der Waals surface area contributed by atoms with Crippen LogP contribution >= 0.6 is 12.4 Å². The standard InChI is InChI=1S/C13H16N2O2.ClH/c1-9(16)17-12-5-3-4-11-13(12)10(8-15-11)6-7-14-2;/h3-5,8,14-15H,6-7H2,1-2H3;1H. The van der Waals surface area contributed by atoms with Crippen LogP contribution in [0.25, 0.3) is 10.9 Å². The number of benzene rings is 1. The molecule has 0 unspecified atom stereocenters. The first kappa shape index (κ1) is 14.5. The van der Waals surface area contributed by atoms with Crippen LogP contribution < -0.4 is 10.1 Å². The van der Waals surface area contributed by atoms with E-state index in [1.807, 2.05) is 31.4 Å². The average molecular weight is 269 g/mol. The van der Waals surface area contributed by atoms with E-state index in [4.69, 9.17) is 4.74 Å². The summed E-state index contributed by atoms with van der Waals surface area (Å²) in [6.07, 6.45) is 2.86. The Morgan fingerprint density at radius 3 is 2.89 bits per heavy atom. The molecule has 0 fully saturated rings. The van der Waals surface area contributed by atoms with Crippen LogP contribution in [-0.2, 0) is 11.2 Å². The van der Waals surface area contributed by atoms with Gasteiger partial charge in [-0.25, -0.2) is 0 Å². The van der Waals surface area contributed by atoms with Crippen molar-refractivity contribution in [3.8, 4) is 5.75 Å². The minimum Gasteiger partial charge on any atom is -0.426 e. The molecule has 1 aromatic heterocycles. The van der Waals surface area contributed by atoms with Crippen LogP contribution in [-0.4, -0.2) is 24.5 Å². The number of carbonyl (C=O) groups is 1. The van der Waals surface area contributed by atoms with Gasteiger partial charge in [-0.15, -0.1) is 12.4 Å². The summed E-state index contributed by atoms with van der Waals surface area (Å²) in [7, 11) is 1.92. The van der Waals surface area contributed by atoms with E-state index in [9.17, 15) is 4.79 Å². The second-order valence-electron chi connectivity index (χ2n) is 3.94. The fourth-order valence-electron chi connectivity index (χ4n) is 1.92. The summed E-state index contributed by atoms with van der Waals surface area (Å²) in [6.45, 7) is 2.31. The number of esters is 1. The Morgan fingerprint density at radius 1 is 1.44 bits per heavy atom. The minimum absolute atomic E-state index is 0. The summed E-state index contributed by atoms with van der Waals surface area (Å²) in [5, 5.41) is 4.11. The first-order valence-electron chi connectivity index (χ1n) is 5.64. The summed E-state index contributed by atoms with van der Waals surface area (Å²) >= 11 is 0. The molecule has 0 spiro atoms. The Balaban J connectivity index is 0.00000162. The largest absolute Gasteiger partial charge is 0.426 e. The third kappa shape index (κ3) is 3.03. The van der Waals surface area contributed by atoms with Crippen molar-refractivity contribution in [2.45, 2.75) is 13.3 Å². The van der Waals surface area contributed by atoms with Crippen LogP contribution in [0.5, 0.6) is 5.75 Å². The lowest BCUT2D eigenvalue weighted by atomic mass is 10.1. The van der Waals surface area contributed by atoms with Crippen LogP contribution in [0.1, 0.15) is 12.5 Å². The molecule has 0 saturated heterocycles. The predicted octanol–water partition coefficient (Wildman–Crippen LogP) is 2.28. The number of ether oxygens (including phenoxy) is 1. The Bertz CT molecular complexity index is 537. The molecule has 2 N–H and O–H groups in total. The molecule has 0 saturated carbocycles. The van der Waals surface area contributed by atoms with Gasteiger partial charge >= 0.3 is 5.97 Å². The van der Waals surface area contributed by atoms with Crippen molar-refractivity contribution in [3.63, 3.8) is 0 Å². The lowest BCUT2D eigenvalue weighted by molar-refractivity contribution is -0.131. The van der Waals surface area contributed by atoms with Gasteiger partial charge in [-0.3, -0.25) is 4.79 Å². The summed E-state index contributed by atoms with van der Waals surface area (Å²) in [5.74, 6) is 0.334. The molecule has 0 aliphatic carbocycles. The average Bonchev–Trinajstić information content (AvgIpc) is 2.70. The fourth-order valence-corrected chi connectivity index (χ4v) is 1.92. The van der Waals surface area contributed by atoms with Crippen molar-refractivity contribution in [2.75, 3.05) is 13.6 Å². The molecule has 5 heteroatoms. The van der Waals surface area contributed by atoms with Crippen molar-refractivity contribution in [1.29, 1.82) is 0 Å². The van der Waals surface area contributed by atoms with Crippen molar-refractivity contribution in [2.24, 2.45) is 0 Å². The van der Waals surface area contributed by atoms with Crippen LogP contribution in [0.4, 0.5) is 0 Å².